The molecule has 10 heteroatoms. The van der Waals surface area contributed by atoms with Crippen molar-refractivity contribution in [1.29, 1.82) is 0 Å². The molecule has 0 atom stereocenters. The lowest BCUT2D eigenvalue weighted by Gasteiger charge is -2.17. The average Bonchev–Trinajstić information content (AvgIpc) is 3.31. The number of aromatic nitrogens is 1. The van der Waals surface area contributed by atoms with E-state index in [1.165, 1.54) is 0 Å². The van der Waals surface area contributed by atoms with E-state index in [1.807, 2.05) is 6.92 Å². The number of hydrogen-bond acceptors (Lipinski definition) is 4. The number of likely N-dealkylation sites (tertiary alicyclic amines) is 1. The van der Waals surface area contributed by atoms with Gasteiger partial charge in [0.25, 0.3) is 5.91 Å². The van der Waals surface area contributed by atoms with Crippen LogP contribution in [-0.2, 0) is 14.8 Å². The Bertz CT molecular complexity index is 1100. The van der Waals surface area contributed by atoms with E-state index in [9.17, 15) is 18.0 Å². The van der Waals surface area contributed by atoms with Crippen LogP contribution < -0.4 is 10.0 Å². The third-order valence-electron chi connectivity index (χ3n) is 5.30. The lowest BCUT2D eigenvalue weighted by atomic mass is 10.2. The molecule has 0 aliphatic carbocycles. The number of nitrogens with zero attached hydrogens (tertiary/aromatic N) is 1. The number of aryl methyl sites for hydroxylation is 3. The first-order chi connectivity index (χ1) is 14.6. The highest BCUT2D eigenvalue weighted by Gasteiger charge is 2.32. The van der Waals surface area contributed by atoms with Crippen molar-refractivity contribution in [3.63, 3.8) is 0 Å². The first-order valence-electron chi connectivity index (χ1n) is 10.1. The van der Waals surface area contributed by atoms with E-state index in [0.717, 1.165) is 18.4 Å². The molecule has 3 N–H and O–H groups in total. The van der Waals surface area contributed by atoms with E-state index in [1.54, 1.807) is 36.9 Å². The Morgan fingerprint density at radius 2 is 1.81 bits per heavy atom. The molecule has 31 heavy (non-hydrogen) atoms. The van der Waals surface area contributed by atoms with Gasteiger partial charge in [0.05, 0.1) is 5.56 Å². The van der Waals surface area contributed by atoms with Crippen LogP contribution in [0.25, 0.3) is 0 Å². The maximum Gasteiger partial charge on any atom is 0.257 e. The number of nitrogens with one attached hydrogen (secondary N) is 3. The van der Waals surface area contributed by atoms with Crippen LogP contribution in [0.2, 0.25) is 5.02 Å². The van der Waals surface area contributed by atoms with Gasteiger partial charge in [-0.05, 0) is 57.4 Å². The summed E-state index contributed by atoms with van der Waals surface area (Å²) in [7, 11) is -3.98. The zero-order chi connectivity index (χ0) is 22.8. The second-order valence-corrected chi connectivity index (χ2v) is 9.87. The van der Waals surface area contributed by atoms with Gasteiger partial charge in [0, 0.05) is 48.2 Å². The molecule has 1 fully saturated rings. The number of amides is 2. The summed E-state index contributed by atoms with van der Waals surface area (Å²) >= 11 is 5.92. The van der Waals surface area contributed by atoms with Gasteiger partial charge < -0.3 is 15.2 Å². The number of aromatic amines is 1. The normalized spacial score (nSPS) is 14.1. The zero-order valence-electron chi connectivity index (χ0n) is 17.8. The largest absolute Gasteiger partial charge is 0.361 e. The van der Waals surface area contributed by atoms with Crippen molar-refractivity contribution >= 4 is 39.1 Å². The number of anilines is 1. The molecule has 1 aliphatic rings. The summed E-state index contributed by atoms with van der Waals surface area (Å²) in [6, 6.07) is 5.10. The molecule has 0 bridgehead atoms. The van der Waals surface area contributed by atoms with Crippen molar-refractivity contribution in [2.45, 2.75) is 44.9 Å². The number of H-pyrrole nitrogens is 1. The fraction of sp³-hybridized carbons (Fsp3) is 0.429. The van der Waals surface area contributed by atoms with Crippen LogP contribution in [0.1, 0.15) is 46.6 Å². The van der Waals surface area contributed by atoms with Crippen molar-refractivity contribution in [2.24, 2.45) is 0 Å². The number of carbonyl (C=O) groups is 2. The van der Waals surface area contributed by atoms with Crippen LogP contribution in [0, 0.1) is 20.8 Å². The van der Waals surface area contributed by atoms with Gasteiger partial charge >= 0.3 is 0 Å². The zero-order valence-corrected chi connectivity index (χ0v) is 19.4. The van der Waals surface area contributed by atoms with Crippen molar-refractivity contribution in [3.05, 3.63) is 45.7 Å². The van der Waals surface area contributed by atoms with E-state index >= 15 is 0 Å². The maximum absolute atomic E-state index is 13.0. The average molecular weight is 467 g/mol. The van der Waals surface area contributed by atoms with Crippen LogP contribution in [0.3, 0.4) is 0 Å². The summed E-state index contributed by atoms with van der Waals surface area (Å²) in [5.74, 6) is -0.612. The van der Waals surface area contributed by atoms with Crippen LogP contribution in [0.5, 0.6) is 0 Å². The molecular weight excluding hydrogens is 440 g/mol. The lowest BCUT2D eigenvalue weighted by Crippen LogP contribution is -2.32. The summed E-state index contributed by atoms with van der Waals surface area (Å²) in [6.07, 6.45) is 1.77. The molecule has 2 heterocycles. The fourth-order valence-electron chi connectivity index (χ4n) is 3.78. The molecule has 2 aromatic rings. The van der Waals surface area contributed by atoms with Crippen LogP contribution >= 0.6 is 11.6 Å². The standard InChI is InChI=1S/C21H27ClN4O4S/c1-13-12-16(22)6-7-17(13)25-18(27)8-9-23-31(29,30)20-15(3)24-14(2)19(20)21(28)26-10-4-5-11-26/h6-7,12,23-24H,4-5,8-11H2,1-3H3,(H,25,27). The minimum Gasteiger partial charge on any atom is -0.361 e. The molecule has 1 aromatic heterocycles. The number of rotatable bonds is 7. The molecule has 0 radical (unpaired) electrons. The smallest absolute Gasteiger partial charge is 0.257 e. The number of carbonyl (C=O) groups excluding carboxylic acids is 2. The molecule has 0 spiro atoms. The molecule has 1 aliphatic heterocycles. The lowest BCUT2D eigenvalue weighted by molar-refractivity contribution is -0.116. The van der Waals surface area contributed by atoms with Crippen molar-refractivity contribution in [1.82, 2.24) is 14.6 Å². The van der Waals surface area contributed by atoms with Gasteiger partial charge in [0.15, 0.2) is 0 Å². The Labute approximate surface area is 187 Å². The first-order valence-corrected chi connectivity index (χ1v) is 12.0. The molecule has 1 aromatic carbocycles. The Balaban J connectivity index is 1.68. The van der Waals surface area contributed by atoms with E-state index < -0.39 is 10.0 Å². The van der Waals surface area contributed by atoms with Gasteiger partial charge in [-0.25, -0.2) is 13.1 Å². The predicted molar refractivity (Wildman–Crippen MR) is 120 cm³/mol. The highest BCUT2D eigenvalue weighted by Crippen LogP contribution is 2.26. The van der Waals surface area contributed by atoms with Crippen molar-refractivity contribution < 1.29 is 18.0 Å². The summed E-state index contributed by atoms with van der Waals surface area (Å²) in [5, 5.41) is 3.32. The van der Waals surface area contributed by atoms with E-state index in [4.69, 9.17) is 11.6 Å². The number of hydrogen-bond donors (Lipinski definition) is 3. The quantitative estimate of drug-likeness (QED) is 0.582. The minimum absolute atomic E-state index is 0.0455. The summed E-state index contributed by atoms with van der Waals surface area (Å²) in [4.78, 5) is 29.8. The number of benzene rings is 1. The van der Waals surface area contributed by atoms with E-state index in [-0.39, 0.29) is 35.2 Å². The van der Waals surface area contributed by atoms with Crippen LogP contribution in [0.4, 0.5) is 5.69 Å². The first kappa shape index (κ1) is 23.3. The highest BCUT2D eigenvalue weighted by molar-refractivity contribution is 7.89. The molecule has 0 saturated carbocycles. The third kappa shape index (κ3) is 5.28. The number of halogens is 1. The van der Waals surface area contributed by atoms with Gasteiger partial charge in [0.1, 0.15) is 4.90 Å². The molecule has 0 unspecified atom stereocenters. The minimum atomic E-state index is -3.98. The van der Waals surface area contributed by atoms with Gasteiger partial charge in [-0.1, -0.05) is 11.6 Å². The monoisotopic (exact) mass is 466 g/mol. The highest BCUT2D eigenvalue weighted by atomic mass is 35.5. The topological polar surface area (TPSA) is 111 Å². The molecule has 168 valence electrons. The summed E-state index contributed by atoms with van der Waals surface area (Å²) < 4.78 is 28.4. The van der Waals surface area contributed by atoms with Crippen molar-refractivity contribution in [2.75, 3.05) is 25.0 Å². The SMILES string of the molecule is Cc1cc(Cl)ccc1NC(=O)CCNS(=O)(=O)c1c(C)[nH]c(C)c1C(=O)N1CCCC1. The molecule has 1 saturated heterocycles. The van der Waals surface area contributed by atoms with E-state index in [0.29, 0.717) is 35.2 Å². The van der Waals surface area contributed by atoms with E-state index in [2.05, 4.69) is 15.0 Å². The summed E-state index contributed by atoms with van der Waals surface area (Å²) in [5.41, 5.74) is 2.52. The number of sulfonamides is 1. The predicted octanol–water partition coefficient (Wildman–Crippen LogP) is 3.14. The molecule has 8 nitrogen and oxygen atoms in total. The Hall–Kier alpha value is -2.36. The Morgan fingerprint density at radius 1 is 1.13 bits per heavy atom. The fourth-order valence-corrected chi connectivity index (χ4v) is 5.49. The van der Waals surface area contributed by atoms with Gasteiger partial charge in [-0.2, -0.15) is 0 Å². The molecule has 3 rings (SSSR count). The maximum atomic E-state index is 13.0. The van der Waals surface area contributed by atoms with Gasteiger partial charge in [-0.3, -0.25) is 9.59 Å². The third-order valence-corrected chi connectivity index (χ3v) is 7.17. The molecular formula is C21H27ClN4O4S. The molecule has 2 amide bonds. The van der Waals surface area contributed by atoms with Gasteiger partial charge in [-0.15, -0.1) is 0 Å². The second kappa shape index (κ2) is 9.42. The Morgan fingerprint density at radius 3 is 2.45 bits per heavy atom. The van der Waals surface area contributed by atoms with Crippen molar-refractivity contribution in [3.8, 4) is 0 Å². The Kier molecular flexibility index (Phi) is 7.08. The van der Waals surface area contributed by atoms with Crippen LogP contribution in [0.15, 0.2) is 23.1 Å². The van der Waals surface area contributed by atoms with Crippen LogP contribution in [-0.4, -0.2) is 49.8 Å². The van der Waals surface area contributed by atoms with Gasteiger partial charge in [0.2, 0.25) is 15.9 Å². The summed E-state index contributed by atoms with van der Waals surface area (Å²) in [6.45, 7) is 6.29. The second-order valence-electron chi connectivity index (χ2n) is 7.73.